The Morgan fingerprint density at radius 3 is 2.46 bits per heavy atom. The number of aromatic hydroxyl groups is 1. The smallest absolute Gasteiger partial charge is 0.225 e. The van der Waals surface area contributed by atoms with Crippen LogP contribution in [0.2, 0.25) is 0 Å². The highest BCUT2D eigenvalue weighted by Crippen LogP contribution is 2.33. The third-order valence-corrected chi connectivity index (χ3v) is 8.14. The van der Waals surface area contributed by atoms with E-state index in [2.05, 4.69) is 42.0 Å². The molecule has 6 rings (SSSR count). The predicted molar refractivity (Wildman–Crippen MR) is 156 cm³/mol. The molecule has 0 unspecified atom stereocenters. The first-order valence-electron chi connectivity index (χ1n) is 14.7. The lowest BCUT2D eigenvalue weighted by atomic mass is 9.93. The molecule has 0 aromatic carbocycles. The number of morpholine rings is 1. The molecule has 2 N–H and O–H groups in total. The lowest BCUT2D eigenvalue weighted by Crippen LogP contribution is -2.45. The summed E-state index contributed by atoms with van der Waals surface area (Å²) in [4.78, 5) is 25.2. The van der Waals surface area contributed by atoms with Gasteiger partial charge < -0.3 is 34.4 Å². The molecule has 0 bridgehead atoms. The number of likely N-dealkylation sites (N-methyl/N-ethyl adjacent to an activating group) is 1. The Kier molecular flexibility index (Phi) is 8.78. The first-order valence-corrected chi connectivity index (χ1v) is 14.7. The van der Waals surface area contributed by atoms with Crippen LogP contribution in [0.15, 0.2) is 30.7 Å². The summed E-state index contributed by atoms with van der Waals surface area (Å²) >= 11 is 0. The van der Waals surface area contributed by atoms with E-state index in [-0.39, 0.29) is 17.9 Å². The minimum atomic E-state index is 0.0306. The molecule has 5 heterocycles. The molecule has 12 nitrogen and oxygen atoms in total. The Morgan fingerprint density at radius 2 is 1.71 bits per heavy atom. The lowest BCUT2D eigenvalue weighted by Gasteiger charge is -2.32. The Hall–Kier alpha value is -3.48. The summed E-state index contributed by atoms with van der Waals surface area (Å²) in [7, 11) is 2.16. The summed E-state index contributed by atoms with van der Waals surface area (Å²) in [6.07, 6.45) is 8.60. The Labute approximate surface area is 240 Å². The van der Waals surface area contributed by atoms with Crippen molar-refractivity contribution in [3.63, 3.8) is 0 Å². The number of ether oxygens (including phenoxy) is 3. The lowest BCUT2D eigenvalue weighted by molar-refractivity contribution is 0.122. The molecule has 3 aromatic rings. The van der Waals surface area contributed by atoms with Gasteiger partial charge in [0.2, 0.25) is 11.8 Å². The number of anilines is 2. The maximum Gasteiger partial charge on any atom is 0.225 e. The number of hydrogen-bond acceptors (Lipinski definition) is 12. The molecule has 3 aromatic heterocycles. The quantitative estimate of drug-likeness (QED) is 0.397. The number of piperazine rings is 1. The second-order valence-corrected chi connectivity index (χ2v) is 11.1. The molecule has 1 saturated carbocycles. The van der Waals surface area contributed by atoms with Crippen LogP contribution in [-0.2, 0) is 4.74 Å². The Bertz CT molecular complexity index is 1270. The van der Waals surface area contributed by atoms with Crippen LogP contribution in [0.5, 0.6) is 17.4 Å². The van der Waals surface area contributed by atoms with Gasteiger partial charge in [-0.05, 0) is 38.8 Å². The zero-order chi connectivity index (χ0) is 28.0. The van der Waals surface area contributed by atoms with E-state index in [1.54, 1.807) is 18.5 Å². The van der Waals surface area contributed by atoms with Crippen molar-refractivity contribution >= 4 is 22.7 Å². The Morgan fingerprint density at radius 1 is 0.951 bits per heavy atom. The van der Waals surface area contributed by atoms with Crippen LogP contribution >= 0.6 is 0 Å². The number of aromatic nitrogens is 4. The largest absolute Gasteiger partial charge is 0.506 e. The standard InChI is InChI=1S/C29H40N8O4/c1-35-6-8-36(9-7-35)10-15-40-24-19-31-29(32-20-24)33-21-2-4-23(5-3-21)41-28-25-16-22(38)18-30-26(25)17-27(34-28)37-11-13-39-14-12-37/h16-21,23,38H,2-15H2,1H3,(H,31,32,33)/t21-,23+. The summed E-state index contributed by atoms with van der Waals surface area (Å²) in [5.41, 5.74) is 0.758. The summed E-state index contributed by atoms with van der Waals surface area (Å²) in [5, 5.41) is 14.3. The molecule has 12 heteroatoms. The van der Waals surface area contributed by atoms with Crippen molar-refractivity contribution in [1.29, 1.82) is 0 Å². The van der Waals surface area contributed by atoms with Crippen molar-refractivity contribution in [1.82, 2.24) is 29.7 Å². The van der Waals surface area contributed by atoms with Crippen molar-refractivity contribution in [2.24, 2.45) is 0 Å². The molecule has 3 aliphatic rings. The van der Waals surface area contributed by atoms with Crippen LogP contribution in [-0.4, -0.2) is 120 Å². The molecule has 2 aliphatic heterocycles. The molecule has 0 amide bonds. The third-order valence-electron chi connectivity index (χ3n) is 8.14. The zero-order valence-corrected chi connectivity index (χ0v) is 23.7. The maximum atomic E-state index is 10.1. The fourth-order valence-corrected chi connectivity index (χ4v) is 5.61. The monoisotopic (exact) mass is 564 g/mol. The zero-order valence-electron chi connectivity index (χ0n) is 23.7. The number of hydrogen-bond donors (Lipinski definition) is 2. The van der Waals surface area contributed by atoms with E-state index in [9.17, 15) is 5.11 Å². The molecule has 220 valence electrons. The van der Waals surface area contributed by atoms with Crippen LogP contribution < -0.4 is 19.7 Å². The first-order chi connectivity index (χ1) is 20.1. The molecule has 2 saturated heterocycles. The van der Waals surface area contributed by atoms with Gasteiger partial charge in [-0.2, -0.15) is 4.98 Å². The molecular formula is C29H40N8O4. The summed E-state index contributed by atoms with van der Waals surface area (Å²) in [5.74, 6) is 2.76. The molecular weight excluding hydrogens is 524 g/mol. The van der Waals surface area contributed by atoms with Crippen LogP contribution in [0.25, 0.3) is 10.9 Å². The van der Waals surface area contributed by atoms with E-state index >= 15 is 0 Å². The average molecular weight is 565 g/mol. The molecule has 0 radical (unpaired) electrons. The summed E-state index contributed by atoms with van der Waals surface area (Å²) in [6, 6.07) is 3.91. The van der Waals surface area contributed by atoms with Crippen molar-refractivity contribution < 1.29 is 19.3 Å². The normalized spacial score (nSPS) is 22.5. The van der Waals surface area contributed by atoms with Crippen molar-refractivity contribution in [2.75, 3.05) is 82.9 Å². The molecule has 0 spiro atoms. The summed E-state index contributed by atoms with van der Waals surface area (Å²) < 4.78 is 17.8. The highest BCUT2D eigenvalue weighted by molar-refractivity contribution is 5.86. The summed E-state index contributed by atoms with van der Waals surface area (Å²) in [6.45, 7) is 8.84. The number of nitrogens with zero attached hydrogens (tertiary/aromatic N) is 7. The minimum absolute atomic E-state index is 0.0306. The van der Waals surface area contributed by atoms with E-state index in [4.69, 9.17) is 19.2 Å². The highest BCUT2D eigenvalue weighted by Gasteiger charge is 2.25. The fraction of sp³-hybridized carbons (Fsp3) is 0.586. The third kappa shape index (κ3) is 7.24. The van der Waals surface area contributed by atoms with Crippen LogP contribution in [0.4, 0.5) is 11.8 Å². The van der Waals surface area contributed by atoms with Crippen LogP contribution in [0, 0.1) is 0 Å². The minimum Gasteiger partial charge on any atom is -0.506 e. The van der Waals surface area contributed by atoms with Gasteiger partial charge in [0.05, 0.1) is 42.7 Å². The molecule has 0 atom stereocenters. The van der Waals surface area contributed by atoms with Gasteiger partial charge in [0.15, 0.2) is 5.75 Å². The van der Waals surface area contributed by atoms with Crippen molar-refractivity contribution in [3.8, 4) is 17.4 Å². The molecule has 41 heavy (non-hydrogen) atoms. The number of pyridine rings is 2. The second kappa shape index (κ2) is 13.0. The SMILES string of the molecule is CN1CCN(CCOc2cnc(N[C@H]3CC[C@@H](Oc4nc(N5CCOCC5)cc5ncc(O)cc45)CC3)nc2)CC1. The second-order valence-electron chi connectivity index (χ2n) is 11.1. The van der Waals surface area contributed by atoms with Crippen molar-refractivity contribution in [3.05, 3.63) is 30.7 Å². The van der Waals surface area contributed by atoms with Gasteiger partial charge in [-0.25, -0.2) is 9.97 Å². The predicted octanol–water partition coefficient (Wildman–Crippen LogP) is 2.39. The van der Waals surface area contributed by atoms with Gasteiger partial charge in [-0.3, -0.25) is 9.88 Å². The van der Waals surface area contributed by atoms with E-state index < -0.39 is 0 Å². The van der Waals surface area contributed by atoms with Gasteiger partial charge in [0.1, 0.15) is 24.3 Å². The van der Waals surface area contributed by atoms with Gasteiger partial charge in [0.25, 0.3) is 0 Å². The van der Waals surface area contributed by atoms with E-state index in [0.29, 0.717) is 37.4 Å². The van der Waals surface area contributed by atoms with E-state index in [1.807, 2.05) is 6.07 Å². The molecule has 3 fully saturated rings. The fourth-order valence-electron chi connectivity index (χ4n) is 5.61. The number of fused-ring (bicyclic) bond motifs is 1. The van der Waals surface area contributed by atoms with Crippen molar-refractivity contribution in [2.45, 2.75) is 37.8 Å². The number of nitrogens with one attached hydrogen (secondary N) is 1. The van der Waals surface area contributed by atoms with Gasteiger partial charge >= 0.3 is 0 Å². The molecule has 1 aliphatic carbocycles. The van der Waals surface area contributed by atoms with E-state index in [1.165, 1.54) is 6.20 Å². The van der Waals surface area contributed by atoms with Gasteiger partial charge in [-0.1, -0.05) is 0 Å². The topological polar surface area (TPSA) is 121 Å². The highest BCUT2D eigenvalue weighted by atomic mass is 16.5. The van der Waals surface area contributed by atoms with Crippen LogP contribution in [0.3, 0.4) is 0 Å². The average Bonchev–Trinajstić information content (AvgIpc) is 3.00. The number of rotatable bonds is 9. The Balaban J connectivity index is 0.999. The first kappa shape index (κ1) is 27.7. The van der Waals surface area contributed by atoms with Crippen LogP contribution in [0.1, 0.15) is 25.7 Å². The maximum absolute atomic E-state index is 10.1. The van der Waals surface area contributed by atoms with Gasteiger partial charge in [0, 0.05) is 57.9 Å². The van der Waals surface area contributed by atoms with Gasteiger partial charge in [-0.15, -0.1) is 0 Å². The van der Waals surface area contributed by atoms with E-state index in [0.717, 1.165) is 88.2 Å².